The number of benzene rings is 2. The highest BCUT2D eigenvalue weighted by molar-refractivity contribution is 9.10. The van der Waals surface area contributed by atoms with Crippen LogP contribution in [0.4, 0.5) is 5.69 Å². The Kier molecular flexibility index (Phi) is 6.04. The number of nitrogens with zero attached hydrogens (tertiary/aromatic N) is 3. The van der Waals surface area contributed by atoms with Crippen LogP contribution in [0.1, 0.15) is 45.9 Å². The van der Waals surface area contributed by atoms with E-state index in [2.05, 4.69) is 113 Å². The van der Waals surface area contributed by atoms with Gasteiger partial charge in [-0.1, -0.05) is 28.1 Å². The predicted octanol–water partition coefficient (Wildman–Crippen LogP) is 7.05. The number of hydrogen-bond donors (Lipinski definition) is 1. The second kappa shape index (κ2) is 9.01. The van der Waals surface area contributed by atoms with Gasteiger partial charge in [-0.3, -0.25) is 4.98 Å². The van der Waals surface area contributed by atoms with Crippen LogP contribution < -0.4 is 10.2 Å². The Hall–Kier alpha value is -2.96. The van der Waals surface area contributed by atoms with Crippen molar-refractivity contribution in [1.29, 1.82) is 0 Å². The highest BCUT2D eigenvalue weighted by Gasteiger charge is 2.42. The van der Waals surface area contributed by atoms with E-state index in [4.69, 9.17) is 17.2 Å². The number of halogens is 1. The zero-order chi connectivity index (χ0) is 24.0. The quantitative estimate of drug-likeness (QED) is 0.286. The van der Waals surface area contributed by atoms with E-state index >= 15 is 0 Å². The van der Waals surface area contributed by atoms with Gasteiger partial charge < -0.3 is 14.8 Å². The molecule has 1 fully saturated rings. The van der Waals surface area contributed by atoms with Crippen molar-refractivity contribution in [2.75, 3.05) is 4.90 Å². The lowest BCUT2D eigenvalue weighted by Crippen LogP contribution is -2.29. The van der Waals surface area contributed by atoms with Crippen molar-refractivity contribution in [1.82, 2.24) is 14.9 Å². The molecule has 0 spiro atoms. The lowest BCUT2D eigenvalue weighted by atomic mass is 9.96. The molecule has 6 heteroatoms. The summed E-state index contributed by atoms with van der Waals surface area (Å²) in [6.07, 6.45) is 1.85. The van der Waals surface area contributed by atoms with Crippen molar-refractivity contribution in [2.24, 2.45) is 0 Å². The van der Waals surface area contributed by atoms with Crippen LogP contribution in [0.15, 0.2) is 77.4 Å². The van der Waals surface area contributed by atoms with Gasteiger partial charge in [0.05, 0.1) is 17.8 Å². The highest BCUT2D eigenvalue weighted by atomic mass is 79.9. The monoisotopic (exact) mass is 530 g/mol. The van der Waals surface area contributed by atoms with E-state index in [0.717, 1.165) is 26.7 Å². The standard InChI is InChI=1S/C28H27BrN4S/c1-17-13-18(2)15-23(14-17)33-27(26(31-28(33)34)25-7-5-6-12-30-25)24-16-19(3)32(20(24)4)22-10-8-21(29)9-11-22/h5-16,26-27H,1-4H3,(H,31,34)/t26-,27+/m0/s1. The molecule has 1 aliphatic rings. The topological polar surface area (TPSA) is 33.1 Å². The van der Waals surface area contributed by atoms with Crippen LogP contribution >= 0.6 is 28.1 Å². The summed E-state index contributed by atoms with van der Waals surface area (Å²) in [5, 5.41) is 4.31. The molecule has 0 radical (unpaired) electrons. The fraction of sp³-hybridized carbons (Fsp3) is 0.214. The number of anilines is 1. The summed E-state index contributed by atoms with van der Waals surface area (Å²) in [7, 11) is 0. The highest BCUT2D eigenvalue weighted by Crippen LogP contribution is 2.44. The SMILES string of the molecule is Cc1cc(C)cc(N2C(=S)N[C@@H](c3ccccn3)[C@H]2c2cc(C)n(-c3ccc(Br)cc3)c2C)c1. The molecule has 0 bridgehead atoms. The molecule has 34 heavy (non-hydrogen) atoms. The normalized spacial score (nSPS) is 17.8. The molecule has 3 heterocycles. The molecule has 2 aromatic carbocycles. The van der Waals surface area contributed by atoms with Crippen molar-refractivity contribution < 1.29 is 0 Å². The Morgan fingerprint density at radius 2 is 1.59 bits per heavy atom. The molecule has 0 amide bonds. The summed E-state index contributed by atoms with van der Waals surface area (Å²) in [5.41, 5.74) is 9.30. The summed E-state index contributed by atoms with van der Waals surface area (Å²) in [6.45, 7) is 8.62. The second-order valence-corrected chi connectivity index (χ2v) is 10.3. The molecule has 1 N–H and O–H groups in total. The van der Waals surface area contributed by atoms with E-state index in [1.165, 1.54) is 28.1 Å². The van der Waals surface area contributed by atoms with E-state index in [9.17, 15) is 0 Å². The minimum absolute atomic E-state index is 0.0287. The maximum Gasteiger partial charge on any atom is 0.174 e. The molecule has 0 saturated carbocycles. The summed E-state index contributed by atoms with van der Waals surface area (Å²) < 4.78 is 3.39. The van der Waals surface area contributed by atoms with Crippen molar-refractivity contribution in [3.8, 4) is 5.69 Å². The van der Waals surface area contributed by atoms with Crippen LogP contribution in [0.25, 0.3) is 5.69 Å². The lowest BCUT2D eigenvalue weighted by Gasteiger charge is -2.29. The first-order valence-corrected chi connectivity index (χ1v) is 12.6. The summed E-state index contributed by atoms with van der Waals surface area (Å²) >= 11 is 9.48. The van der Waals surface area contributed by atoms with Crippen LogP contribution in [0.2, 0.25) is 0 Å². The molecule has 1 aliphatic heterocycles. The maximum absolute atomic E-state index is 5.93. The van der Waals surface area contributed by atoms with Crippen LogP contribution in [0, 0.1) is 27.7 Å². The van der Waals surface area contributed by atoms with Crippen molar-refractivity contribution in [2.45, 2.75) is 39.8 Å². The van der Waals surface area contributed by atoms with E-state index in [1.807, 2.05) is 18.3 Å². The van der Waals surface area contributed by atoms with Crippen LogP contribution in [0.5, 0.6) is 0 Å². The molecular formula is C28H27BrN4S. The van der Waals surface area contributed by atoms with Gasteiger partial charge in [-0.25, -0.2) is 0 Å². The number of pyridine rings is 1. The first-order chi connectivity index (χ1) is 16.3. The van der Waals surface area contributed by atoms with E-state index in [0.29, 0.717) is 0 Å². The third kappa shape index (κ3) is 4.05. The predicted molar refractivity (Wildman–Crippen MR) is 147 cm³/mol. The first-order valence-electron chi connectivity index (χ1n) is 11.4. The molecule has 5 rings (SSSR count). The van der Waals surface area contributed by atoms with Gasteiger partial charge in [-0.2, -0.15) is 0 Å². The van der Waals surface area contributed by atoms with E-state index in [1.54, 1.807) is 0 Å². The van der Waals surface area contributed by atoms with Gasteiger partial charge in [0.2, 0.25) is 0 Å². The summed E-state index contributed by atoms with van der Waals surface area (Å²) in [5.74, 6) is 0. The Morgan fingerprint density at radius 1 is 0.882 bits per heavy atom. The molecule has 0 aliphatic carbocycles. The minimum Gasteiger partial charge on any atom is -0.351 e. The largest absolute Gasteiger partial charge is 0.351 e. The van der Waals surface area contributed by atoms with Crippen LogP contribution in [-0.2, 0) is 0 Å². The fourth-order valence-electron chi connectivity index (χ4n) is 5.11. The third-order valence-corrected chi connectivity index (χ3v) is 7.30. The van der Waals surface area contributed by atoms with E-state index < -0.39 is 0 Å². The smallest absolute Gasteiger partial charge is 0.174 e. The average molecular weight is 532 g/mol. The molecule has 0 unspecified atom stereocenters. The van der Waals surface area contributed by atoms with Crippen LogP contribution in [0.3, 0.4) is 0 Å². The minimum atomic E-state index is -0.0617. The van der Waals surface area contributed by atoms with Gasteiger partial charge in [-0.15, -0.1) is 0 Å². The fourth-order valence-corrected chi connectivity index (χ4v) is 5.72. The van der Waals surface area contributed by atoms with Gasteiger partial charge in [-0.05, 0) is 111 Å². The number of aromatic nitrogens is 2. The molecule has 4 aromatic rings. The van der Waals surface area contributed by atoms with Gasteiger partial charge in [0.25, 0.3) is 0 Å². The third-order valence-electron chi connectivity index (χ3n) is 6.46. The number of thiocarbonyl (C=S) groups is 1. The Labute approximate surface area is 214 Å². The molecule has 2 atom stereocenters. The number of hydrogen-bond acceptors (Lipinski definition) is 2. The Balaban J connectivity index is 1.69. The van der Waals surface area contributed by atoms with Gasteiger partial charge in [0.15, 0.2) is 5.11 Å². The Bertz CT molecular complexity index is 1340. The van der Waals surface area contributed by atoms with Crippen molar-refractivity contribution >= 4 is 38.9 Å². The summed E-state index contributed by atoms with van der Waals surface area (Å²) in [6, 6.07) is 23.3. The Morgan fingerprint density at radius 3 is 2.24 bits per heavy atom. The van der Waals surface area contributed by atoms with Crippen molar-refractivity contribution in [3.05, 3.63) is 111 Å². The number of nitrogens with one attached hydrogen (secondary N) is 1. The zero-order valence-corrected chi connectivity index (χ0v) is 22.1. The second-order valence-electron chi connectivity index (χ2n) is 8.98. The molecule has 2 aromatic heterocycles. The molecule has 1 saturated heterocycles. The van der Waals surface area contributed by atoms with E-state index in [-0.39, 0.29) is 12.1 Å². The lowest BCUT2D eigenvalue weighted by molar-refractivity contribution is 0.565. The van der Waals surface area contributed by atoms with Gasteiger partial charge in [0.1, 0.15) is 0 Å². The average Bonchev–Trinajstić information content (AvgIpc) is 3.30. The number of rotatable bonds is 4. The first kappa shape index (κ1) is 22.8. The molecule has 4 nitrogen and oxygen atoms in total. The van der Waals surface area contributed by atoms with Crippen molar-refractivity contribution in [3.63, 3.8) is 0 Å². The van der Waals surface area contributed by atoms with Crippen LogP contribution in [-0.4, -0.2) is 14.7 Å². The van der Waals surface area contributed by atoms with Gasteiger partial charge in [0, 0.05) is 33.4 Å². The molecule has 172 valence electrons. The maximum atomic E-state index is 5.93. The number of aryl methyl sites for hydroxylation is 3. The summed E-state index contributed by atoms with van der Waals surface area (Å²) in [4.78, 5) is 6.97. The van der Waals surface area contributed by atoms with Gasteiger partial charge >= 0.3 is 0 Å². The zero-order valence-electron chi connectivity index (χ0n) is 19.7. The molecular weight excluding hydrogens is 504 g/mol.